The number of hydrogen-bond acceptors (Lipinski definition) is 2. The van der Waals surface area contributed by atoms with Crippen LogP contribution in [-0.4, -0.2) is 13.7 Å². The van der Waals surface area contributed by atoms with Crippen molar-refractivity contribution >= 4 is 5.69 Å². The van der Waals surface area contributed by atoms with Gasteiger partial charge in [0.25, 0.3) is 0 Å². The quantitative estimate of drug-likeness (QED) is 0.920. The maximum absolute atomic E-state index is 14.2. The van der Waals surface area contributed by atoms with Crippen LogP contribution in [0.3, 0.4) is 0 Å². The van der Waals surface area contributed by atoms with E-state index in [0.717, 1.165) is 24.9 Å². The first-order valence-corrected chi connectivity index (χ1v) is 6.91. The molecule has 0 spiro atoms. The second kappa shape index (κ2) is 5.53. The van der Waals surface area contributed by atoms with Gasteiger partial charge in [-0.3, -0.25) is 0 Å². The van der Waals surface area contributed by atoms with Crippen LogP contribution in [0.1, 0.15) is 11.1 Å². The minimum absolute atomic E-state index is 0.228. The zero-order valence-electron chi connectivity index (χ0n) is 11.5. The second-order valence-corrected chi connectivity index (χ2v) is 5.25. The number of anilines is 1. The maximum atomic E-state index is 14.2. The van der Waals surface area contributed by atoms with Gasteiger partial charge in [-0.15, -0.1) is 0 Å². The summed E-state index contributed by atoms with van der Waals surface area (Å²) in [6, 6.07) is 13.7. The Kier molecular flexibility index (Phi) is 3.59. The lowest BCUT2D eigenvalue weighted by atomic mass is 9.89. The highest BCUT2D eigenvalue weighted by Crippen LogP contribution is 2.28. The first-order valence-electron chi connectivity index (χ1n) is 6.91. The molecule has 0 bridgehead atoms. The molecule has 1 atom stereocenters. The van der Waals surface area contributed by atoms with Crippen molar-refractivity contribution < 1.29 is 9.13 Å². The third kappa shape index (κ3) is 2.48. The molecule has 2 nitrogen and oxygen atoms in total. The number of hydrogen-bond donors (Lipinski definition) is 1. The van der Waals surface area contributed by atoms with Crippen molar-refractivity contribution in [3.8, 4) is 5.75 Å². The van der Waals surface area contributed by atoms with Crippen LogP contribution in [0.2, 0.25) is 0 Å². The SMILES string of the molecule is COc1cccc(CC2CNc3ccccc3C2)c1F. The monoisotopic (exact) mass is 271 g/mol. The van der Waals surface area contributed by atoms with Crippen molar-refractivity contribution in [1.82, 2.24) is 0 Å². The molecule has 2 aromatic carbocycles. The predicted molar refractivity (Wildman–Crippen MR) is 78.8 cm³/mol. The van der Waals surface area contributed by atoms with Crippen LogP contribution in [0.5, 0.6) is 5.75 Å². The standard InChI is InChI=1S/C17H18FNO/c1-20-16-8-4-6-14(17(16)18)10-12-9-13-5-2-3-7-15(13)19-11-12/h2-8,12,19H,9-11H2,1H3. The fourth-order valence-corrected chi connectivity index (χ4v) is 2.84. The van der Waals surface area contributed by atoms with Crippen LogP contribution in [0.15, 0.2) is 42.5 Å². The summed E-state index contributed by atoms with van der Waals surface area (Å²) in [5.41, 5.74) is 3.25. The van der Waals surface area contributed by atoms with Gasteiger partial charge >= 0.3 is 0 Å². The van der Waals surface area contributed by atoms with Crippen molar-refractivity contribution in [2.75, 3.05) is 19.0 Å². The van der Waals surface area contributed by atoms with Crippen molar-refractivity contribution in [3.05, 3.63) is 59.4 Å². The average molecular weight is 271 g/mol. The van der Waals surface area contributed by atoms with Gasteiger partial charge in [0.1, 0.15) is 0 Å². The first-order chi connectivity index (χ1) is 9.78. The van der Waals surface area contributed by atoms with Gasteiger partial charge in [0.15, 0.2) is 11.6 Å². The van der Waals surface area contributed by atoms with Gasteiger partial charge in [-0.05, 0) is 42.0 Å². The molecule has 1 unspecified atom stereocenters. The summed E-state index contributed by atoms with van der Waals surface area (Å²) in [6.07, 6.45) is 1.71. The van der Waals surface area contributed by atoms with Gasteiger partial charge in [-0.2, -0.15) is 0 Å². The number of methoxy groups -OCH3 is 1. The van der Waals surface area contributed by atoms with Gasteiger partial charge in [0.2, 0.25) is 0 Å². The van der Waals surface area contributed by atoms with Crippen LogP contribution >= 0.6 is 0 Å². The summed E-state index contributed by atoms with van der Waals surface area (Å²) >= 11 is 0. The number of fused-ring (bicyclic) bond motifs is 1. The number of nitrogens with one attached hydrogen (secondary N) is 1. The molecule has 1 aliphatic heterocycles. The predicted octanol–water partition coefficient (Wildman–Crippen LogP) is 3.66. The van der Waals surface area contributed by atoms with Crippen molar-refractivity contribution in [1.29, 1.82) is 0 Å². The number of halogens is 1. The molecule has 0 aliphatic carbocycles. The van der Waals surface area contributed by atoms with Crippen LogP contribution in [0.25, 0.3) is 0 Å². The molecule has 3 heteroatoms. The Morgan fingerprint density at radius 2 is 2.05 bits per heavy atom. The molecule has 20 heavy (non-hydrogen) atoms. The molecule has 104 valence electrons. The Morgan fingerprint density at radius 1 is 1.20 bits per heavy atom. The minimum atomic E-state index is -0.228. The Balaban J connectivity index is 1.77. The van der Waals surface area contributed by atoms with Gasteiger partial charge in [0.05, 0.1) is 7.11 Å². The number of rotatable bonds is 3. The lowest BCUT2D eigenvalue weighted by Crippen LogP contribution is -2.25. The summed E-state index contributed by atoms with van der Waals surface area (Å²) in [7, 11) is 1.50. The maximum Gasteiger partial charge on any atom is 0.168 e. The van der Waals surface area contributed by atoms with Crippen LogP contribution in [0, 0.1) is 11.7 Å². The third-order valence-electron chi connectivity index (χ3n) is 3.88. The van der Waals surface area contributed by atoms with E-state index in [0.29, 0.717) is 11.7 Å². The van der Waals surface area contributed by atoms with Crippen molar-refractivity contribution in [2.24, 2.45) is 5.92 Å². The molecule has 0 aromatic heterocycles. The van der Waals surface area contributed by atoms with Gasteiger partial charge in [-0.1, -0.05) is 30.3 Å². The van der Waals surface area contributed by atoms with Crippen molar-refractivity contribution in [2.45, 2.75) is 12.8 Å². The zero-order chi connectivity index (χ0) is 13.9. The lowest BCUT2D eigenvalue weighted by molar-refractivity contribution is 0.382. The first kappa shape index (κ1) is 13.0. The number of para-hydroxylation sites is 1. The van der Waals surface area contributed by atoms with E-state index in [-0.39, 0.29) is 5.82 Å². The van der Waals surface area contributed by atoms with E-state index in [1.54, 1.807) is 6.07 Å². The molecule has 0 amide bonds. The summed E-state index contributed by atoms with van der Waals surface area (Å²) in [4.78, 5) is 0. The molecular weight excluding hydrogens is 253 g/mol. The summed E-state index contributed by atoms with van der Waals surface area (Å²) in [5, 5.41) is 3.43. The fourth-order valence-electron chi connectivity index (χ4n) is 2.84. The minimum Gasteiger partial charge on any atom is -0.494 e. The highest BCUT2D eigenvalue weighted by atomic mass is 19.1. The number of benzene rings is 2. The fraction of sp³-hybridized carbons (Fsp3) is 0.294. The van der Waals surface area contributed by atoms with E-state index in [2.05, 4.69) is 23.5 Å². The van der Waals surface area contributed by atoms with E-state index in [9.17, 15) is 4.39 Å². The van der Waals surface area contributed by atoms with E-state index < -0.39 is 0 Å². The third-order valence-corrected chi connectivity index (χ3v) is 3.88. The van der Waals surface area contributed by atoms with E-state index in [4.69, 9.17) is 4.74 Å². The Hall–Kier alpha value is -2.03. The molecule has 0 saturated carbocycles. The van der Waals surface area contributed by atoms with E-state index in [1.165, 1.54) is 18.4 Å². The molecule has 3 rings (SSSR count). The summed E-state index contributed by atoms with van der Waals surface area (Å²) in [6.45, 7) is 0.883. The average Bonchev–Trinajstić information content (AvgIpc) is 2.49. The topological polar surface area (TPSA) is 21.3 Å². The van der Waals surface area contributed by atoms with Crippen LogP contribution in [0.4, 0.5) is 10.1 Å². The smallest absolute Gasteiger partial charge is 0.168 e. The molecular formula is C17H18FNO. The molecule has 0 fully saturated rings. The Morgan fingerprint density at radius 3 is 2.90 bits per heavy atom. The van der Waals surface area contributed by atoms with Crippen LogP contribution in [-0.2, 0) is 12.8 Å². The van der Waals surface area contributed by atoms with Crippen molar-refractivity contribution in [3.63, 3.8) is 0 Å². The van der Waals surface area contributed by atoms with Gasteiger partial charge in [-0.25, -0.2) is 4.39 Å². The molecule has 1 aliphatic rings. The van der Waals surface area contributed by atoms with E-state index in [1.807, 2.05) is 18.2 Å². The second-order valence-electron chi connectivity index (χ2n) is 5.25. The van der Waals surface area contributed by atoms with Gasteiger partial charge < -0.3 is 10.1 Å². The van der Waals surface area contributed by atoms with Crippen LogP contribution < -0.4 is 10.1 Å². The largest absolute Gasteiger partial charge is 0.494 e. The van der Waals surface area contributed by atoms with E-state index >= 15 is 0 Å². The highest BCUT2D eigenvalue weighted by molar-refractivity contribution is 5.53. The lowest BCUT2D eigenvalue weighted by Gasteiger charge is -2.26. The molecule has 2 aromatic rings. The molecule has 1 N–H and O–H groups in total. The number of ether oxygens (including phenoxy) is 1. The molecule has 0 saturated heterocycles. The normalized spacial score (nSPS) is 17.2. The zero-order valence-corrected chi connectivity index (χ0v) is 11.5. The highest BCUT2D eigenvalue weighted by Gasteiger charge is 2.20. The molecule has 0 radical (unpaired) electrons. The Bertz CT molecular complexity index is 612. The summed E-state index contributed by atoms with van der Waals surface area (Å²) in [5.74, 6) is 0.507. The van der Waals surface area contributed by atoms with Gasteiger partial charge in [0, 0.05) is 12.2 Å². The Labute approximate surface area is 118 Å². The summed E-state index contributed by atoms with van der Waals surface area (Å²) < 4.78 is 19.2. The molecule has 1 heterocycles.